The lowest BCUT2D eigenvalue weighted by Crippen LogP contribution is -2.31. The molecule has 100 valence electrons. The standard InChI is InChI=1S/C14H22N2O2/c1-10(13-9-12(17)5-6-14(13)18)15-7-8-16(2)11-3-4-11/h5-6,9-11,15,17-18H,3-4,7-8H2,1-2H3. The molecule has 0 amide bonds. The molecular formula is C14H22N2O2. The van der Waals surface area contributed by atoms with E-state index in [2.05, 4.69) is 17.3 Å². The molecule has 0 bridgehead atoms. The molecule has 1 unspecified atom stereocenters. The maximum atomic E-state index is 9.75. The first kappa shape index (κ1) is 13.2. The number of rotatable bonds is 6. The second-order valence-corrected chi connectivity index (χ2v) is 5.13. The summed E-state index contributed by atoms with van der Waals surface area (Å²) in [6.45, 7) is 3.88. The highest BCUT2D eigenvalue weighted by Crippen LogP contribution is 2.28. The predicted molar refractivity (Wildman–Crippen MR) is 71.8 cm³/mol. The summed E-state index contributed by atoms with van der Waals surface area (Å²) in [6, 6.07) is 5.43. The summed E-state index contributed by atoms with van der Waals surface area (Å²) in [5, 5.41) is 22.6. The number of hydrogen-bond acceptors (Lipinski definition) is 4. The molecule has 1 aliphatic carbocycles. The third-order valence-electron chi connectivity index (χ3n) is 3.56. The molecule has 0 saturated heterocycles. The zero-order valence-corrected chi connectivity index (χ0v) is 11.1. The molecule has 0 aromatic heterocycles. The summed E-state index contributed by atoms with van der Waals surface area (Å²) < 4.78 is 0. The third kappa shape index (κ3) is 3.37. The van der Waals surface area contributed by atoms with Gasteiger partial charge in [0.05, 0.1) is 0 Å². The van der Waals surface area contributed by atoms with Gasteiger partial charge in [0.15, 0.2) is 0 Å². The molecule has 1 aromatic rings. The van der Waals surface area contributed by atoms with Crippen LogP contribution in [0.1, 0.15) is 31.4 Å². The highest BCUT2D eigenvalue weighted by atomic mass is 16.3. The second-order valence-electron chi connectivity index (χ2n) is 5.13. The fraction of sp³-hybridized carbons (Fsp3) is 0.571. The van der Waals surface area contributed by atoms with Gasteiger partial charge in [0.1, 0.15) is 11.5 Å². The van der Waals surface area contributed by atoms with Crippen LogP contribution in [-0.4, -0.2) is 41.3 Å². The van der Waals surface area contributed by atoms with Crippen LogP contribution in [0.25, 0.3) is 0 Å². The summed E-state index contributed by atoms with van der Waals surface area (Å²) in [5.41, 5.74) is 0.740. The molecule has 1 aliphatic rings. The van der Waals surface area contributed by atoms with Crippen molar-refractivity contribution in [3.05, 3.63) is 23.8 Å². The molecule has 4 heteroatoms. The van der Waals surface area contributed by atoms with Crippen LogP contribution in [0.15, 0.2) is 18.2 Å². The van der Waals surface area contributed by atoms with E-state index in [1.54, 1.807) is 6.07 Å². The first-order chi connectivity index (χ1) is 8.58. The van der Waals surface area contributed by atoms with Crippen molar-refractivity contribution in [1.29, 1.82) is 0 Å². The summed E-state index contributed by atoms with van der Waals surface area (Å²) in [4.78, 5) is 2.36. The van der Waals surface area contributed by atoms with Gasteiger partial charge in [-0.15, -0.1) is 0 Å². The van der Waals surface area contributed by atoms with E-state index >= 15 is 0 Å². The van der Waals surface area contributed by atoms with E-state index in [0.717, 1.165) is 24.7 Å². The summed E-state index contributed by atoms with van der Waals surface area (Å²) in [7, 11) is 2.15. The van der Waals surface area contributed by atoms with Gasteiger partial charge >= 0.3 is 0 Å². The lowest BCUT2D eigenvalue weighted by Gasteiger charge is -2.19. The fourth-order valence-corrected chi connectivity index (χ4v) is 2.15. The minimum Gasteiger partial charge on any atom is -0.508 e. The smallest absolute Gasteiger partial charge is 0.120 e. The van der Waals surface area contributed by atoms with Crippen molar-refractivity contribution in [1.82, 2.24) is 10.2 Å². The van der Waals surface area contributed by atoms with E-state index in [4.69, 9.17) is 0 Å². The van der Waals surface area contributed by atoms with Crippen molar-refractivity contribution in [2.45, 2.75) is 31.8 Å². The number of hydrogen-bond donors (Lipinski definition) is 3. The van der Waals surface area contributed by atoms with Crippen LogP contribution in [0.5, 0.6) is 11.5 Å². The summed E-state index contributed by atoms with van der Waals surface area (Å²) >= 11 is 0. The van der Waals surface area contributed by atoms with Crippen LogP contribution in [0, 0.1) is 0 Å². The van der Waals surface area contributed by atoms with E-state index in [9.17, 15) is 10.2 Å². The summed E-state index contributed by atoms with van der Waals surface area (Å²) in [5.74, 6) is 0.412. The Bertz CT molecular complexity index is 405. The number of phenols is 2. The predicted octanol–water partition coefficient (Wildman–Crippen LogP) is 1.84. The maximum absolute atomic E-state index is 9.75. The highest BCUT2D eigenvalue weighted by Gasteiger charge is 2.25. The van der Waals surface area contributed by atoms with Crippen molar-refractivity contribution in [3.63, 3.8) is 0 Å². The van der Waals surface area contributed by atoms with Gasteiger partial charge in [-0.2, -0.15) is 0 Å². The monoisotopic (exact) mass is 250 g/mol. The van der Waals surface area contributed by atoms with Gasteiger partial charge < -0.3 is 20.4 Å². The van der Waals surface area contributed by atoms with Crippen LogP contribution < -0.4 is 5.32 Å². The molecule has 3 N–H and O–H groups in total. The number of phenolic OH excluding ortho intramolecular Hbond substituents is 2. The van der Waals surface area contributed by atoms with Crippen molar-refractivity contribution < 1.29 is 10.2 Å². The molecule has 0 radical (unpaired) electrons. The second kappa shape index (κ2) is 5.59. The van der Waals surface area contributed by atoms with Gasteiger partial charge in [0.2, 0.25) is 0 Å². The van der Waals surface area contributed by atoms with Crippen molar-refractivity contribution in [3.8, 4) is 11.5 Å². The number of nitrogens with one attached hydrogen (secondary N) is 1. The lowest BCUT2D eigenvalue weighted by molar-refractivity contribution is 0.315. The Morgan fingerprint density at radius 2 is 2.11 bits per heavy atom. The van der Waals surface area contributed by atoms with Crippen molar-refractivity contribution in [2.75, 3.05) is 20.1 Å². The fourth-order valence-electron chi connectivity index (χ4n) is 2.15. The Kier molecular flexibility index (Phi) is 4.09. The van der Waals surface area contributed by atoms with Crippen molar-refractivity contribution in [2.24, 2.45) is 0 Å². The zero-order valence-electron chi connectivity index (χ0n) is 11.1. The van der Waals surface area contributed by atoms with E-state index in [1.165, 1.54) is 25.0 Å². The largest absolute Gasteiger partial charge is 0.508 e. The average Bonchev–Trinajstić information content (AvgIpc) is 3.16. The van der Waals surface area contributed by atoms with Crippen LogP contribution in [0.4, 0.5) is 0 Å². The van der Waals surface area contributed by atoms with Crippen LogP contribution >= 0.6 is 0 Å². The molecule has 1 atom stereocenters. The number of aromatic hydroxyl groups is 2. The molecular weight excluding hydrogens is 228 g/mol. The zero-order chi connectivity index (χ0) is 13.1. The Morgan fingerprint density at radius 3 is 2.78 bits per heavy atom. The van der Waals surface area contributed by atoms with Crippen LogP contribution in [0.2, 0.25) is 0 Å². The molecule has 0 heterocycles. The molecule has 18 heavy (non-hydrogen) atoms. The molecule has 2 rings (SSSR count). The minimum atomic E-state index is 0.0321. The molecule has 0 aliphatic heterocycles. The summed E-state index contributed by atoms with van der Waals surface area (Å²) in [6.07, 6.45) is 2.64. The molecule has 1 fully saturated rings. The Hall–Kier alpha value is -1.26. The number of likely N-dealkylation sites (N-methyl/N-ethyl adjacent to an activating group) is 1. The molecule has 0 spiro atoms. The van der Waals surface area contributed by atoms with Crippen molar-refractivity contribution >= 4 is 0 Å². The van der Waals surface area contributed by atoms with Gasteiger partial charge in [-0.3, -0.25) is 0 Å². The van der Waals surface area contributed by atoms with Gasteiger partial charge in [0, 0.05) is 30.7 Å². The van der Waals surface area contributed by atoms with Crippen LogP contribution in [0.3, 0.4) is 0 Å². The SMILES string of the molecule is CC(NCCN(C)C1CC1)c1cc(O)ccc1O. The van der Waals surface area contributed by atoms with Gasteiger partial charge in [0.25, 0.3) is 0 Å². The normalized spacial score (nSPS) is 17.1. The lowest BCUT2D eigenvalue weighted by atomic mass is 10.1. The Balaban J connectivity index is 1.82. The molecule has 4 nitrogen and oxygen atoms in total. The number of nitrogens with zero attached hydrogens (tertiary/aromatic N) is 1. The van der Waals surface area contributed by atoms with Gasteiger partial charge in [-0.1, -0.05) is 0 Å². The first-order valence-electron chi connectivity index (χ1n) is 6.53. The molecule has 1 saturated carbocycles. The third-order valence-corrected chi connectivity index (χ3v) is 3.56. The Labute approximate surface area is 108 Å². The first-order valence-corrected chi connectivity index (χ1v) is 6.53. The maximum Gasteiger partial charge on any atom is 0.120 e. The van der Waals surface area contributed by atoms with Gasteiger partial charge in [-0.25, -0.2) is 0 Å². The van der Waals surface area contributed by atoms with E-state index in [0.29, 0.717) is 0 Å². The molecule has 1 aromatic carbocycles. The highest BCUT2D eigenvalue weighted by molar-refractivity contribution is 5.40. The van der Waals surface area contributed by atoms with E-state index in [1.807, 2.05) is 6.92 Å². The Morgan fingerprint density at radius 1 is 1.39 bits per heavy atom. The van der Waals surface area contributed by atoms with Gasteiger partial charge in [-0.05, 0) is 45.0 Å². The topological polar surface area (TPSA) is 55.7 Å². The van der Waals surface area contributed by atoms with E-state index in [-0.39, 0.29) is 17.5 Å². The van der Waals surface area contributed by atoms with E-state index < -0.39 is 0 Å². The average molecular weight is 250 g/mol. The quantitative estimate of drug-likeness (QED) is 0.674. The number of benzene rings is 1. The minimum absolute atomic E-state index is 0.0321. The van der Waals surface area contributed by atoms with Crippen LogP contribution in [-0.2, 0) is 0 Å².